The molecule has 0 spiro atoms. The van der Waals surface area contributed by atoms with E-state index in [4.69, 9.17) is 4.52 Å². The van der Waals surface area contributed by atoms with Crippen LogP contribution in [-0.2, 0) is 17.8 Å². The number of hydrogen-bond donors (Lipinski definition) is 0. The predicted octanol–water partition coefficient (Wildman–Crippen LogP) is 3.08. The van der Waals surface area contributed by atoms with Crippen LogP contribution in [0.1, 0.15) is 17.2 Å². The van der Waals surface area contributed by atoms with Crippen molar-refractivity contribution in [2.75, 3.05) is 26.2 Å². The number of aryl methyl sites for hydroxylation is 1. The molecule has 6 nitrogen and oxygen atoms in total. The topological polar surface area (TPSA) is 62.5 Å². The number of hydrogen-bond acceptors (Lipinski definition) is 6. The molecule has 0 atom stereocenters. The highest BCUT2D eigenvalue weighted by Gasteiger charge is 2.21. The highest BCUT2D eigenvalue weighted by molar-refractivity contribution is 7.09. The van der Waals surface area contributed by atoms with Gasteiger partial charge in [0.15, 0.2) is 0 Å². The maximum absolute atomic E-state index is 12.5. The van der Waals surface area contributed by atoms with Gasteiger partial charge in [-0.2, -0.15) is 4.98 Å². The summed E-state index contributed by atoms with van der Waals surface area (Å²) in [5, 5.41) is 6.11. The summed E-state index contributed by atoms with van der Waals surface area (Å²) in [6.07, 6.45) is 0.884. The summed E-state index contributed by atoms with van der Waals surface area (Å²) < 4.78 is 5.29. The summed E-state index contributed by atoms with van der Waals surface area (Å²) in [6.45, 7) is 4.38. The van der Waals surface area contributed by atoms with E-state index in [2.05, 4.69) is 32.6 Å². The Labute approximate surface area is 162 Å². The first-order valence-corrected chi connectivity index (χ1v) is 10.1. The fourth-order valence-corrected chi connectivity index (χ4v) is 3.96. The van der Waals surface area contributed by atoms with Gasteiger partial charge in [0.2, 0.25) is 17.6 Å². The largest absolute Gasteiger partial charge is 0.340 e. The molecule has 0 aliphatic carbocycles. The van der Waals surface area contributed by atoms with Crippen LogP contribution in [0.15, 0.2) is 52.4 Å². The number of amides is 1. The van der Waals surface area contributed by atoms with Gasteiger partial charge in [-0.15, -0.1) is 11.3 Å². The van der Waals surface area contributed by atoms with Crippen LogP contribution < -0.4 is 0 Å². The molecule has 0 unspecified atom stereocenters. The zero-order chi connectivity index (χ0) is 18.5. The molecule has 1 aliphatic rings. The Hall–Kier alpha value is -2.51. The fraction of sp³-hybridized carbons (Fsp3) is 0.350. The molecular weight excluding hydrogens is 360 g/mol. The maximum Gasteiger partial charge on any atom is 0.227 e. The van der Waals surface area contributed by atoms with Crippen molar-refractivity contribution in [1.82, 2.24) is 19.9 Å². The Morgan fingerprint density at radius 3 is 2.63 bits per heavy atom. The number of thiophene rings is 1. The maximum atomic E-state index is 12.5. The van der Waals surface area contributed by atoms with Crippen molar-refractivity contribution >= 4 is 17.2 Å². The van der Waals surface area contributed by atoms with E-state index >= 15 is 0 Å². The summed E-state index contributed by atoms with van der Waals surface area (Å²) in [6, 6.07) is 13.9. The van der Waals surface area contributed by atoms with Crippen molar-refractivity contribution in [2.24, 2.45) is 0 Å². The van der Waals surface area contributed by atoms with Crippen LogP contribution in [0.2, 0.25) is 0 Å². The number of rotatable bonds is 6. The summed E-state index contributed by atoms with van der Waals surface area (Å²) >= 11 is 1.78. The zero-order valence-electron chi connectivity index (χ0n) is 15.1. The summed E-state index contributed by atoms with van der Waals surface area (Å²) in [5.41, 5.74) is 0.917. The Balaban J connectivity index is 1.24. The van der Waals surface area contributed by atoms with E-state index in [0.29, 0.717) is 24.6 Å². The van der Waals surface area contributed by atoms with E-state index in [0.717, 1.165) is 38.3 Å². The number of carbonyl (C=O) groups excluding carboxylic acids is 1. The van der Waals surface area contributed by atoms with E-state index < -0.39 is 0 Å². The second kappa shape index (κ2) is 8.45. The van der Waals surface area contributed by atoms with Gasteiger partial charge in [-0.05, 0) is 11.4 Å². The van der Waals surface area contributed by atoms with Gasteiger partial charge >= 0.3 is 0 Å². The van der Waals surface area contributed by atoms with Crippen LogP contribution in [0.4, 0.5) is 0 Å². The van der Waals surface area contributed by atoms with Crippen molar-refractivity contribution in [3.8, 4) is 11.4 Å². The first-order chi connectivity index (χ1) is 13.3. The van der Waals surface area contributed by atoms with Crippen LogP contribution in [0, 0.1) is 0 Å². The van der Waals surface area contributed by atoms with E-state index in [1.807, 2.05) is 35.2 Å². The first kappa shape index (κ1) is 17.9. The van der Waals surface area contributed by atoms with Gasteiger partial charge in [0, 0.05) is 56.0 Å². The van der Waals surface area contributed by atoms with Gasteiger partial charge < -0.3 is 9.42 Å². The lowest BCUT2D eigenvalue weighted by atomic mass is 10.2. The van der Waals surface area contributed by atoms with Crippen molar-refractivity contribution in [3.05, 3.63) is 58.6 Å². The SMILES string of the molecule is O=C(CCc1nc(-c2ccccc2)no1)N1CCN(Cc2cccs2)CC1. The predicted molar refractivity (Wildman–Crippen MR) is 104 cm³/mol. The fourth-order valence-electron chi connectivity index (χ4n) is 3.21. The minimum absolute atomic E-state index is 0.158. The quantitative estimate of drug-likeness (QED) is 0.656. The van der Waals surface area contributed by atoms with Crippen molar-refractivity contribution in [2.45, 2.75) is 19.4 Å². The molecule has 3 aromatic rings. The Bertz CT molecular complexity index is 855. The number of aromatic nitrogens is 2. The third-order valence-corrected chi connectivity index (χ3v) is 5.60. The summed E-state index contributed by atoms with van der Waals surface area (Å²) in [7, 11) is 0. The molecule has 2 aromatic heterocycles. The number of carbonyl (C=O) groups is 1. The Morgan fingerprint density at radius 1 is 1.07 bits per heavy atom. The molecule has 0 bridgehead atoms. The molecule has 1 fully saturated rings. The second-order valence-electron chi connectivity index (χ2n) is 6.61. The number of nitrogens with zero attached hydrogens (tertiary/aromatic N) is 4. The monoisotopic (exact) mass is 382 g/mol. The van der Waals surface area contributed by atoms with E-state index in [1.165, 1.54) is 4.88 Å². The number of piperazine rings is 1. The Morgan fingerprint density at radius 2 is 1.89 bits per heavy atom. The van der Waals surface area contributed by atoms with Gasteiger partial charge in [0.05, 0.1) is 0 Å². The van der Waals surface area contributed by atoms with Gasteiger partial charge in [0.25, 0.3) is 0 Å². The molecule has 1 aliphatic heterocycles. The normalized spacial score (nSPS) is 15.2. The second-order valence-corrected chi connectivity index (χ2v) is 7.65. The zero-order valence-corrected chi connectivity index (χ0v) is 15.9. The molecule has 0 saturated carbocycles. The highest BCUT2D eigenvalue weighted by Crippen LogP contribution is 2.16. The highest BCUT2D eigenvalue weighted by atomic mass is 32.1. The minimum Gasteiger partial charge on any atom is -0.340 e. The van der Waals surface area contributed by atoms with Gasteiger partial charge in [-0.3, -0.25) is 9.69 Å². The third-order valence-electron chi connectivity index (χ3n) is 4.74. The molecule has 140 valence electrons. The minimum atomic E-state index is 0.158. The molecule has 27 heavy (non-hydrogen) atoms. The van der Waals surface area contributed by atoms with E-state index in [9.17, 15) is 4.79 Å². The third kappa shape index (κ3) is 4.61. The molecule has 0 radical (unpaired) electrons. The molecule has 3 heterocycles. The van der Waals surface area contributed by atoms with Crippen LogP contribution >= 0.6 is 11.3 Å². The number of benzene rings is 1. The summed E-state index contributed by atoms with van der Waals surface area (Å²) in [4.78, 5) is 22.6. The lowest BCUT2D eigenvalue weighted by Crippen LogP contribution is -2.48. The average Bonchev–Trinajstić information content (AvgIpc) is 3.39. The smallest absolute Gasteiger partial charge is 0.227 e. The lowest BCUT2D eigenvalue weighted by molar-refractivity contribution is -0.133. The average molecular weight is 382 g/mol. The molecule has 0 N–H and O–H groups in total. The first-order valence-electron chi connectivity index (χ1n) is 9.18. The molecule has 1 saturated heterocycles. The van der Waals surface area contributed by atoms with Gasteiger partial charge in [-0.1, -0.05) is 41.6 Å². The van der Waals surface area contributed by atoms with E-state index in [1.54, 1.807) is 11.3 Å². The molecular formula is C20H22N4O2S. The van der Waals surface area contributed by atoms with Crippen molar-refractivity contribution in [1.29, 1.82) is 0 Å². The Kier molecular flexibility index (Phi) is 5.60. The van der Waals surface area contributed by atoms with Crippen LogP contribution in [-0.4, -0.2) is 52.0 Å². The lowest BCUT2D eigenvalue weighted by Gasteiger charge is -2.34. The van der Waals surface area contributed by atoms with Crippen molar-refractivity contribution < 1.29 is 9.32 Å². The van der Waals surface area contributed by atoms with Gasteiger partial charge in [-0.25, -0.2) is 0 Å². The van der Waals surface area contributed by atoms with Crippen LogP contribution in [0.5, 0.6) is 0 Å². The molecule has 1 aromatic carbocycles. The molecule has 4 rings (SSSR count). The van der Waals surface area contributed by atoms with Crippen LogP contribution in [0.25, 0.3) is 11.4 Å². The standard InChI is InChI=1S/C20H22N4O2S/c25-19(24-12-10-23(11-13-24)15-17-7-4-14-27-17)9-8-18-21-20(22-26-18)16-5-2-1-3-6-16/h1-7,14H,8-13,15H2. The van der Waals surface area contributed by atoms with Crippen LogP contribution in [0.3, 0.4) is 0 Å². The van der Waals surface area contributed by atoms with Gasteiger partial charge in [0.1, 0.15) is 0 Å². The molecule has 1 amide bonds. The molecule has 7 heteroatoms. The van der Waals surface area contributed by atoms with E-state index in [-0.39, 0.29) is 5.91 Å². The summed E-state index contributed by atoms with van der Waals surface area (Å²) in [5.74, 6) is 1.24. The van der Waals surface area contributed by atoms with Crippen molar-refractivity contribution in [3.63, 3.8) is 0 Å².